The summed E-state index contributed by atoms with van der Waals surface area (Å²) < 4.78 is 20.0. The molecule has 5 nitrogen and oxygen atoms in total. The molecule has 6 heteroatoms. The molecule has 0 saturated carbocycles. The van der Waals surface area contributed by atoms with E-state index in [2.05, 4.69) is 10.2 Å². The largest absolute Gasteiger partial charge is 0.381 e. The Balaban J connectivity index is 0.000000336. The molecule has 4 aliphatic heterocycles. The minimum absolute atomic E-state index is 0.0774. The molecule has 4 saturated heterocycles. The molecular weight excluding hydrogens is 357 g/mol. The molecule has 28 heavy (non-hydrogen) atoms. The molecule has 1 spiro atoms. The minimum Gasteiger partial charge on any atom is -0.381 e. The smallest absolute Gasteiger partial charge is 0.233 e. The standard InChI is InChI=1S/C18H23FN2O2.C4H9N/c19-15-13-14(20-8-1-2-9-20)3-4-16(15)21-10-5-18(17(21)22)6-11-23-12-7-18;1-2-4-5-3-1/h3-4,13H,1-2,5-12H2;5H,1-4H2. The van der Waals surface area contributed by atoms with Crippen molar-refractivity contribution in [1.29, 1.82) is 0 Å². The molecule has 0 unspecified atom stereocenters. The van der Waals surface area contributed by atoms with Crippen molar-refractivity contribution in [3.8, 4) is 0 Å². The summed E-state index contributed by atoms with van der Waals surface area (Å²) in [6.45, 7) is 6.36. The Morgan fingerprint density at radius 1 is 0.964 bits per heavy atom. The van der Waals surface area contributed by atoms with Crippen LogP contribution in [-0.2, 0) is 9.53 Å². The number of hydrogen-bond donors (Lipinski definition) is 1. The lowest BCUT2D eigenvalue weighted by atomic mass is 9.79. The van der Waals surface area contributed by atoms with Crippen molar-refractivity contribution in [2.45, 2.75) is 44.9 Å². The van der Waals surface area contributed by atoms with Gasteiger partial charge < -0.3 is 19.9 Å². The molecule has 154 valence electrons. The van der Waals surface area contributed by atoms with Gasteiger partial charge in [0.05, 0.1) is 11.1 Å². The zero-order chi connectivity index (χ0) is 19.4. The lowest BCUT2D eigenvalue weighted by Crippen LogP contribution is -2.39. The SMILES string of the molecule is C1CCNC1.O=C1N(c2ccc(N3CCCC3)cc2F)CCC12CCOCC2. The van der Waals surface area contributed by atoms with E-state index in [-0.39, 0.29) is 17.1 Å². The number of nitrogens with zero attached hydrogens (tertiary/aromatic N) is 2. The van der Waals surface area contributed by atoms with Crippen molar-refractivity contribution >= 4 is 17.3 Å². The highest BCUT2D eigenvalue weighted by atomic mass is 19.1. The van der Waals surface area contributed by atoms with Gasteiger partial charge in [0.2, 0.25) is 5.91 Å². The molecule has 5 rings (SSSR count). The Hall–Kier alpha value is -1.66. The summed E-state index contributed by atoms with van der Waals surface area (Å²) in [5.74, 6) is -0.208. The molecule has 1 aromatic carbocycles. The highest BCUT2D eigenvalue weighted by molar-refractivity contribution is 6.00. The third kappa shape index (κ3) is 4.03. The van der Waals surface area contributed by atoms with Crippen LogP contribution in [0.5, 0.6) is 0 Å². The number of benzene rings is 1. The minimum atomic E-state index is -0.321. The van der Waals surface area contributed by atoms with Crippen LogP contribution >= 0.6 is 0 Å². The Morgan fingerprint density at radius 2 is 1.68 bits per heavy atom. The monoisotopic (exact) mass is 389 g/mol. The van der Waals surface area contributed by atoms with Crippen molar-refractivity contribution in [3.63, 3.8) is 0 Å². The Labute approximate surface area is 167 Å². The first-order valence-electron chi connectivity index (χ1n) is 10.8. The Bertz CT molecular complexity index is 673. The van der Waals surface area contributed by atoms with Gasteiger partial charge in [-0.15, -0.1) is 0 Å². The molecule has 1 amide bonds. The number of nitrogens with one attached hydrogen (secondary N) is 1. The quantitative estimate of drug-likeness (QED) is 0.843. The maximum atomic E-state index is 14.6. The summed E-state index contributed by atoms with van der Waals surface area (Å²) in [4.78, 5) is 16.7. The van der Waals surface area contributed by atoms with Crippen LogP contribution < -0.4 is 15.1 Å². The van der Waals surface area contributed by atoms with E-state index in [0.717, 1.165) is 38.0 Å². The second kappa shape index (κ2) is 8.78. The molecule has 0 aromatic heterocycles. The van der Waals surface area contributed by atoms with Gasteiger partial charge in [-0.05, 0) is 76.2 Å². The number of anilines is 2. The van der Waals surface area contributed by atoms with E-state index < -0.39 is 0 Å². The van der Waals surface area contributed by atoms with Crippen LogP contribution in [0, 0.1) is 11.2 Å². The number of ether oxygens (including phenoxy) is 1. The van der Waals surface area contributed by atoms with Crippen molar-refractivity contribution in [2.75, 3.05) is 55.7 Å². The van der Waals surface area contributed by atoms with E-state index in [1.807, 2.05) is 6.07 Å². The van der Waals surface area contributed by atoms with E-state index in [1.165, 1.54) is 38.8 Å². The number of rotatable bonds is 2. The number of carbonyl (C=O) groups is 1. The lowest BCUT2D eigenvalue weighted by molar-refractivity contribution is -0.130. The molecule has 0 radical (unpaired) electrons. The van der Waals surface area contributed by atoms with Crippen molar-refractivity contribution in [1.82, 2.24) is 5.32 Å². The highest BCUT2D eigenvalue weighted by Gasteiger charge is 2.48. The number of halogens is 1. The molecule has 0 atom stereocenters. The van der Waals surface area contributed by atoms with Crippen molar-refractivity contribution in [2.24, 2.45) is 5.41 Å². The van der Waals surface area contributed by atoms with Gasteiger partial charge in [0.1, 0.15) is 5.82 Å². The van der Waals surface area contributed by atoms with Crippen LogP contribution in [-0.4, -0.2) is 51.8 Å². The van der Waals surface area contributed by atoms with Crippen LogP contribution in [0.2, 0.25) is 0 Å². The number of hydrogen-bond acceptors (Lipinski definition) is 4. The second-order valence-electron chi connectivity index (χ2n) is 8.39. The topological polar surface area (TPSA) is 44.8 Å². The summed E-state index contributed by atoms with van der Waals surface area (Å²) >= 11 is 0. The first-order chi connectivity index (χ1) is 13.7. The van der Waals surface area contributed by atoms with Gasteiger partial charge in [0.25, 0.3) is 0 Å². The van der Waals surface area contributed by atoms with E-state index >= 15 is 0 Å². The van der Waals surface area contributed by atoms with Crippen molar-refractivity contribution in [3.05, 3.63) is 24.0 Å². The highest BCUT2D eigenvalue weighted by Crippen LogP contribution is 2.43. The predicted octanol–water partition coefficient (Wildman–Crippen LogP) is 3.33. The molecule has 0 aliphatic carbocycles. The summed E-state index contributed by atoms with van der Waals surface area (Å²) in [5.41, 5.74) is 1.04. The first-order valence-corrected chi connectivity index (χ1v) is 10.8. The van der Waals surface area contributed by atoms with Crippen molar-refractivity contribution < 1.29 is 13.9 Å². The van der Waals surface area contributed by atoms with E-state index in [1.54, 1.807) is 17.0 Å². The van der Waals surface area contributed by atoms with Gasteiger partial charge in [0.15, 0.2) is 0 Å². The van der Waals surface area contributed by atoms with Crippen LogP contribution in [0.4, 0.5) is 15.8 Å². The third-order valence-corrected chi connectivity index (χ3v) is 6.61. The van der Waals surface area contributed by atoms with Crippen LogP contribution in [0.3, 0.4) is 0 Å². The van der Waals surface area contributed by atoms with E-state index in [9.17, 15) is 9.18 Å². The summed E-state index contributed by atoms with van der Waals surface area (Å²) in [7, 11) is 0. The second-order valence-corrected chi connectivity index (χ2v) is 8.39. The third-order valence-electron chi connectivity index (χ3n) is 6.61. The van der Waals surface area contributed by atoms with E-state index in [0.29, 0.717) is 25.4 Å². The molecule has 1 N–H and O–H groups in total. The Morgan fingerprint density at radius 3 is 2.29 bits per heavy atom. The van der Waals surface area contributed by atoms with Crippen LogP contribution in [0.15, 0.2) is 18.2 Å². The molecular formula is C22H32FN3O2. The average Bonchev–Trinajstić information content (AvgIpc) is 3.49. The van der Waals surface area contributed by atoms with Gasteiger partial charge in [-0.1, -0.05) is 0 Å². The van der Waals surface area contributed by atoms with Gasteiger partial charge in [-0.2, -0.15) is 0 Å². The van der Waals surface area contributed by atoms with Gasteiger partial charge in [-0.25, -0.2) is 4.39 Å². The molecule has 4 heterocycles. The zero-order valence-corrected chi connectivity index (χ0v) is 16.7. The van der Waals surface area contributed by atoms with Gasteiger partial charge >= 0.3 is 0 Å². The molecule has 4 fully saturated rings. The van der Waals surface area contributed by atoms with Crippen LogP contribution in [0.1, 0.15) is 44.9 Å². The fraction of sp³-hybridized carbons (Fsp3) is 0.682. The average molecular weight is 390 g/mol. The Kier molecular flexibility index (Phi) is 6.16. The maximum Gasteiger partial charge on any atom is 0.233 e. The zero-order valence-electron chi connectivity index (χ0n) is 16.7. The maximum absolute atomic E-state index is 14.6. The molecule has 1 aromatic rings. The van der Waals surface area contributed by atoms with Crippen LogP contribution in [0.25, 0.3) is 0 Å². The molecule has 0 bridgehead atoms. The summed E-state index contributed by atoms with van der Waals surface area (Å²) in [5, 5.41) is 3.22. The number of amides is 1. The van der Waals surface area contributed by atoms with Gasteiger partial charge in [-0.3, -0.25) is 4.79 Å². The van der Waals surface area contributed by atoms with Gasteiger partial charge in [0, 0.05) is 38.5 Å². The summed E-state index contributed by atoms with van der Waals surface area (Å²) in [6, 6.07) is 5.31. The normalized spacial score (nSPS) is 24.0. The van der Waals surface area contributed by atoms with E-state index in [4.69, 9.17) is 4.74 Å². The fourth-order valence-corrected chi connectivity index (χ4v) is 4.79. The number of carbonyl (C=O) groups excluding carboxylic acids is 1. The first kappa shape index (κ1) is 19.6. The summed E-state index contributed by atoms with van der Waals surface area (Å²) in [6.07, 6.45) is 7.44. The fourth-order valence-electron chi connectivity index (χ4n) is 4.79. The molecule has 4 aliphatic rings. The lowest BCUT2D eigenvalue weighted by Gasteiger charge is -2.31. The predicted molar refractivity (Wildman–Crippen MR) is 109 cm³/mol.